The van der Waals surface area contributed by atoms with E-state index in [1.807, 2.05) is 44.2 Å². The third-order valence-electron chi connectivity index (χ3n) is 2.95. The van der Waals surface area contributed by atoms with Gasteiger partial charge in [0.1, 0.15) is 22.9 Å². The van der Waals surface area contributed by atoms with Crippen molar-refractivity contribution < 1.29 is 4.42 Å². The molecule has 2 aromatic heterocycles. The summed E-state index contributed by atoms with van der Waals surface area (Å²) < 4.78 is 5.80. The van der Waals surface area contributed by atoms with Gasteiger partial charge in [-0.3, -0.25) is 0 Å². The van der Waals surface area contributed by atoms with E-state index < -0.39 is 0 Å². The Morgan fingerprint density at radius 2 is 1.89 bits per heavy atom. The Morgan fingerprint density at radius 1 is 1.11 bits per heavy atom. The zero-order valence-corrected chi connectivity index (χ0v) is 10.3. The quantitative estimate of drug-likeness (QED) is 0.708. The van der Waals surface area contributed by atoms with Gasteiger partial charge in [0.15, 0.2) is 5.76 Å². The number of fused-ring (bicyclic) bond motifs is 1. The summed E-state index contributed by atoms with van der Waals surface area (Å²) in [5.74, 6) is 1.87. The topological polar surface area (TPSA) is 64.9 Å². The molecule has 3 rings (SSSR count). The average molecular weight is 239 g/mol. The van der Waals surface area contributed by atoms with Gasteiger partial charge in [0, 0.05) is 10.9 Å². The summed E-state index contributed by atoms with van der Waals surface area (Å²) in [6.07, 6.45) is 0. The molecule has 3 aromatic rings. The van der Waals surface area contributed by atoms with Crippen LogP contribution in [0, 0.1) is 13.8 Å². The molecule has 0 aliphatic carbocycles. The lowest BCUT2D eigenvalue weighted by atomic mass is 10.1. The number of hydrogen-bond donors (Lipinski definition) is 1. The van der Waals surface area contributed by atoms with Crippen LogP contribution in [-0.2, 0) is 0 Å². The lowest BCUT2D eigenvalue weighted by molar-refractivity contribution is 0.627. The first kappa shape index (κ1) is 10.8. The number of rotatable bonds is 1. The van der Waals surface area contributed by atoms with Gasteiger partial charge >= 0.3 is 0 Å². The normalized spacial score (nSPS) is 11.0. The third-order valence-corrected chi connectivity index (χ3v) is 2.95. The number of anilines is 1. The maximum atomic E-state index is 5.86. The van der Waals surface area contributed by atoms with E-state index in [1.165, 1.54) is 0 Å². The van der Waals surface area contributed by atoms with E-state index in [-0.39, 0.29) is 0 Å². The molecule has 0 spiro atoms. The second kappa shape index (κ2) is 3.84. The molecule has 0 aliphatic heterocycles. The van der Waals surface area contributed by atoms with Crippen molar-refractivity contribution in [2.24, 2.45) is 0 Å². The van der Waals surface area contributed by atoms with E-state index >= 15 is 0 Å². The molecule has 0 saturated heterocycles. The lowest BCUT2D eigenvalue weighted by Crippen LogP contribution is -2.01. The second-order valence-electron chi connectivity index (χ2n) is 4.28. The largest absolute Gasteiger partial charge is 0.454 e. The highest BCUT2D eigenvalue weighted by atomic mass is 16.3. The van der Waals surface area contributed by atoms with E-state index in [4.69, 9.17) is 10.2 Å². The number of aryl methyl sites for hydroxylation is 1. The van der Waals surface area contributed by atoms with Crippen molar-refractivity contribution in [3.63, 3.8) is 0 Å². The summed E-state index contributed by atoms with van der Waals surface area (Å²) in [5, 5.41) is 1.06. The van der Waals surface area contributed by atoms with Gasteiger partial charge in [-0.1, -0.05) is 18.2 Å². The average Bonchev–Trinajstić information content (AvgIpc) is 2.77. The molecular formula is C14H13N3O. The van der Waals surface area contributed by atoms with Crippen molar-refractivity contribution in [3.8, 4) is 11.5 Å². The number of furan rings is 1. The Balaban J connectivity index is 2.26. The van der Waals surface area contributed by atoms with E-state index in [9.17, 15) is 0 Å². The predicted molar refractivity (Wildman–Crippen MR) is 71.1 cm³/mol. The second-order valence-corrected chi connectivity index (χ2v) is 4.28. The minimum absolute atomic E-state index is 0.498. The molecule has 0 amide bonds. The molecule has 4 nitrogen and oxygen atoms in total. The van der Waals surface area contributed by atoms with Crippen LogP contribution in [0.5, 0.6) is 0 Å². The maximum absolute atomic E-state index is 5.86. The van der Waals surface area contributed by atoms with Crippen LogP contribution in [0.25, 0.3) is 22.4 Å². The molecule has 2 heterocycles. The summed E-state index contributed by atoms with van der Waals surface area (Å²) in [6.45, 7) is 3.72. The van der Waals surface area contributed by atoms with Gasteiger partial charge in [0.05, 0.1) is 0 Å². The van der Waals surface area contributed by atoms with Crippen LogP contribution < -0.4 is 5.73 Å². The number of para-hydroxylation sites is 1. The highest BCUT2D eigenvalue weighted by Crippen LogP contribution is 2.29. The highest BCUT2D eigenvalue weighted by Gasteiger charge is 2.13. The molecule has 0 radical (unpaired) electrons. The van der Waals surface area contributed by atoms with E-state index in [2.05, 4.69) is 9.97 Å². The van der Waals surface area contributed by atoms with Crippen molar-refractivity contribution in [3.05, 3.63) is 41.7 Å². The summed E-state index contributed by atoms with van der Waals surface area (Å²) in [4.78, 5) is 8.55. The molecule has 4 heteroatoms. The number of hydrogen-bond acceptors (Lipinski definition) is 4. The van der Waals surface area contributed by atoms with E-state index in [1.54, 1.807) is 0 Å². The summed E-state index contributed by atoms with van der Waals surface area (Å²) >= 11 is 0. The minimum atomic E-state index is 0.498. The van der Waals surface area contributed by atoms with Crippen LogP contribution in [0.1, 0.15) is 11.4 Å². The van der Waals surface area contributed by atoms with Crippen LogP contribution in [-0.4, -0.2) is 9.97 Å². The SMILES string of the molecule is Cc1nc(N)c(C)c(-c2cc3ccccc3o2)n1. The van der Waals surface area contributed by atoms with Gasteiger partial charge in [0.25, 0.3) is 0 Å². The first-order valence-electron chi connectivity index (χ1n) is 5.75. The first-order valence-corrected chi connectivity index (χ1v) is 5.75. The zero-order chi connectivity index (χ0) is 12.7. The predicted octanol–water partition coefficient (Wildman–Crippen LogP) is 3.09. The summed E-state index contributed by atoms with van der Waals surface area (Å²) in [5.41, 5.74) is 8.32. The number of aromatic nitrogens is 2. The van der Waals surface area contributed by atoms with E-state index in [0.29, 0.717) is 11.6 Å². The van der Waals surface area contributed by atoms with Crippen LogP contribution in [0.2, 0.25) is 0 Å². The first-order chi connectivity index (χ1) is 8.65. The van der Waals surface area contributed by atoms with Gasteiger partial charge in [-0.2, -0.15) is 0 Å². The van der Waals surface area contributed by atoms with Crippen molar-refractivity contribution in [2.45, 2.75) is 13.8 Å². The van der Waals surface area contributed by atoms with Gasteiger partial charge in [-0.15, -0.1) is 0 Å². The molecule has 0 unspecified atom stereocenters. The molecule has 0 saturated carbocycles. The Bertz CT molecular complexity index is 698. The van der Waals surface area contributed by atoms with Crippen LogP contribution >= 0.6 is 0 Å². The lowest BCUT2D eigenvalue weighted by Gasteiger charge is -2.05. The Kier molecular flexibility index (Phi) is 2.30. The third kappa shape index (κ3) is 1.62. The molecule has 0 aliphatic rings. The van der Waals surface area contributed by atoms with Crippen LogP contribution in [0.4, 0.5) is 5.82 Å². The van der Waals surface area contributed by atoms with Crippen LogP contribution in [0.3, 0.4) is 0 Å². The van der Waals surface area contributed by atoms with Crippen molar-refractivity contribution in [2.75, 3.05) is 5.73 Å². The van der Waals surface area contributed by atoms with Crippen molar-refractivity contribution >= 4 is 16.8 Å². The summed E-state index contributed by atoms with van der Waals surface area (Å²) in [7, 11) is 0. The Hall–Kier alpha value is -2.36. The molecular weight excluding hydrogens is 226 g/mol. The number of benzene rings is 1. The maximum Gasteiger partial charge on any atom is 0.154 e. The minimum Gasteiger partial charge on any atom is -0.454 e. The molecule has 0 fully saturated rings. The molecule has 1 aromatic carbocycles. The fourth-order valence-electron chi connectivity index (χ4n) is 1.99. The van der Waals surface area contributed by atoms with Crippen LogP contribution in [0.15, 0.2) is 34.7 Å². The van der Waals surface area contributed by atoms with Crippen molar-refractivity contribution in [1.82, 2.24) is 9.97 Å². The smallest absolute Gasteiger partial charge is 0.154 e. The van der Waals surface area contributed by atoms with Gasteiger partial charge in [-0.05, 0) is 26.0 Å². The Morgan fingerprint density at radius 3 is 2.67 bits per heavy atom. The highest BCUT2D eigenvalue weighted by molar-refractivity contribution is 5.83. The summed E-state index contributed by atoms with van der Waals surface area (Å²) in [6, 6.07) is 9.85. The number of nitrogen functional groups attached to an aromatic ring is 1. The monoisotopic (exact) mass is 239 g/mol. The molecule has 18 heavy (non-hydrogen) atoms. The fourth-order valence-corrected chi connectivity index (χ4v) is 1.99. The number of nitrogens with two attached hydrogens (primary N) is 1. The zero-order valence-electron chi connectivity index (χ0n) is 10.3. The molecule has 2 N–H and O–H groups in total. The van der Waals surface area contributed by atoms with Gasteiger partial charge < -0.3 is 10.2 Å². The fraction of sp³-hybridized carbons (Fsp3) is 0.143. The van der Waals surface area contributed by atoms with E-state index in [0.717, 1.165) is 28.0 Å². The standard InChI is InChI=1S/C14H13N3O/c1-8-13(16-9(2)17-14(8)15)12-7-10-5-3-4-6-11(10)18-12/h3-7H,1-2H3,(H2,15,16,17). The Labute approximate surface area is 104 Å². The van der Waals surface area contributed by atoms with Gasteiger partial charge in [0.2, 0.25) is 0 Å². The van der Waals surface area contributed by atoms with Gasteiger partial charge in [-0.25, -0.2) is 9.97 Å². The number of nitrogens with zero attached hydrogens (tertiary/aromatic N) is 2. The molecule has 0 bridgehead atoms. The molecule has 90 valence electrons. The molecule has 0 atom stereocenters. The van der Waals surface area contributed by atoms with Crippen molar-refractivity contribution in [1.29, 1.82) is 0 Å².